The molecule has 0 unspecified atom stereocenters. The minimum atomic E-state index is -0.00799. The highest BCUT2D eigenvalue weighted by atomic mass is 16.5. The van der Waals surface area contributed by atoms with E-state index in [1.54, 1.807) is 4.68 Å². The summed E-state index contributed by atoms with van der Waals surface area (Å²) < 4.78 is 7.70. The number of benzene rings is 2. The van der Waals surface area contributed by atoms with Crippen LogP contribution in [0.25, 0.3) is 11.3 Å². The zero-order valence-electron chi connectivity index (χ0n) is 14.7. The molecule has 2 heterocycles. The lowest BCUT2D eigenvalue weighted by atomic mass is 9.90. The third-order valence-corrected chi connectivity index (χ3v) is 4.66. The molecular weight excluding hydrogens is 326 g/mol. The predicted octanol–water partition coefficient (Wildman–Crippen LogP) is 3.73. The average Bonchev–Trinajstić information content (AvgIpc) is 3.00. The maximum absolute atomic E-state index is 12.2. The van der Waals surface area contributed by atoms with Crippen LogP contribution in [0.15, 0.2) is 60.7 Å². The molecule has 0 saturated carbocycles. The van der Waals surface area contributed by atoms with E-state index in [4.69, 9.17) is 4.74 Å². The second-order valence-electron chi connectivity index (χ2n) is 6.55. The Morgan fingerprint density at radius 1 is 1.12 bits per heavy atom. The van der Waals surface area contributed by atoms with Gasteiger partial charge in [-0.3, -0.25) is 9.48 Å². The molecule has 1 aliphatic rings. The number of fused-ring (bicyclic) bond motifs is 1. The van der Waals surface area contributed by atoms with Gasteiger partial charge in [0.05, 0.1) is 18.9 Å². The Balaban J connectivity index is 1.60. The number of anilines is 1. The Labute approximate surface area is 152 Å². The van der Waals surface area contributed by atoms with Gasteiger partial charge in [-0.25, -0.2) is 0 Å². The fraction of sp³-hybridized carbons (Fsp3) is 0.238. The Bertz CT molecular complexity index is 904. The lowest BCUT2D eigenvalue weighted by molar-refractivity contribution is -0.117. The zero-order chi connectivity index (χ0) is 17.9. The summed E-state index contributed by atoms with van der Waals surface area (Å²) in [6.07, 6.45) is 0.410. The van der Waals surface area contributed by atoms with Crippen LogP contribution in [-0.4, -0.2) is 22.3 Å². The zero-order valence-corrected chi connectivity index (χ0v) is 14.7. The van der Waals surface area contributed by atoms with Gasteiger partial charge in [-0.15, -0.1) is 0 Å². The number of carbonyl (C=O) groups excluding carboxylic acids is 1. The fourth-order valence-corrected chi connectivity index (χ4v) is 3.43. The first-order valence-electron chi connectivity index (χ1n) is 8.76. The van der Waals surface area contributed by atoms with Gasteiger partial charge in [0, 0.05) is 30.5 Å². The second-order valence-corrected chi connectivity index (χ2v) is 6.55. The molecule has 5 heteroatoms. The highest BCUT2D eigenvalue weighted by Crippen LogP contribution is 2.39. The molecule has 0 saturated heterocycles. The first kappa shape index (κ1) is 16.5. The molecule has 0 spiro atoms. The molecule has 1 amide bonds. The van der Waals surface area contributed by atoms with Gasteiger partial charge in [0.15, 0.2) is 0 Å². The number of aromatic nitrogens is 2. The molecule has 3 aromatic rings. The Morgan fingerprint density at radius 2 is 1.81 bits per heavy atom. The van der Waals surface area contributed by atoms with Crippen molar-refractivity contribution in [2.75, 3.05) is 11.9 Å². The molecule has 1 N–H and O–H groups in total. The number of carbonyl (C=O) groups is 1. The smallest absolute Gasteiger partial charge is 0.226 e. The van der Waals surface area contributed by atoms with Crippen molar-refractivity contribution < 1.29 is 9.53 Å². The molecule has 1 aromatic heterocycles. The number of aryl methyl sites for hydroxylation is 1. The normalized spacial score (nSPS) is 16.2. The van der Waals surface area contributed by atoms with Gasteiger partial charge >= 0.3 is 0 Å². The first-order valence-corrected chi connectivity index (χ1v) is 8.76. The van der Waals surface area contributed by atoms with Gasteiger partial charge in [0.25, 0.3) is 0 Å². The van der Waals surface area contributed by atoms with E-state index < -0.39 is 0 Å². The maximum atomic E-state index is 12.2. The molecule has 26 heavy (non-hydrogen) atoms. The van der Waals surface area contributed by atoms with Crippen LogP contribution in [0.4, 0.5) is 5.82 Å². The van der Waals surface area contributed by atoms with Crippen molar-refractivity contribution in [2.24, 2.45) is 7.05 Å². The van der Waals surface area contributed by atoms with Gasteiger partial charge in [-0.05, 0) is 5.56 Å². The summed E-state index contributed by atoms with van der Waals surface area (Å²) in [7, 11) is 1.86. The van der Waals surface area contributed by atoms with E-state index in [0.717, 1.165) is 28.2 Å². The topological polar surface area (TPSA) is 56.2 Å². The van der Waals surface area contributed by atoms with Crippen LogP contribution in [0.5, 0.6) is 0 Å². The molecular formula is C21H21N3O2. The molecule has 5 nitrogen and oxygen atoms in total. The lowest BCUT2D eigenvalue weighted by Gasteiger charge is -2.24. The van der Waals surface area contributed by atoms with E-state index in [1.807, 2.05) is 67.7 Å². The largest absolute Gasteiger partial charge is 0.376 e. The van der Waals surface area contributed by atoms with Gasteiger partial charge in [-0.2, -0.15) is 5.10 Å². The van der Waals surface area contributed by atoms with Crippen LogP contribution in [0, 0.1) is 0 Å². The van der Waals surface area contributed by atoms with Crippen LogP contribution in [0.3, 0.4) is 0 Å². The Kier molecular flexibility index (Phi) is 4.54. The van der Waals surface area contributed by atoms with Crippen LogP contribution >= 0.6 is 0 Å². The van der Waals surface area contributed by atoms with Gasteiger partial charge < -0.3 is 10.1 Å². The molecule has 1 aliphatic heterocycles. The highest BCUT2D eigenvalue weighted by Gasteiger charge is 2.32. The standard InChI is InChI=1S/C21H21N3O2/c1-24-21-19(20(23-24)16-10-6-3-7-11-16)17(12-18(25)22-21)14-26-13-15-8-4-2-5-9-15/h2-11,17H,12-14H2,1H3,(H,22,25)/t17-/m0/s1. The number of nitrogens with one attached hydrogen (secondary N) is 1. The summed E-state index contributed by atoms with van der Waals surface area (Å²) in [5, 5.41) is 7.62. The number of hydrogen-bond donors (Lipinski definition) is 1. The third-order valence-electron chi connectivity index (χ3n) is 4.66. The van der Waals surface area contributed by atoms with Gasteiger partial charge in [0.2, 0.25) is 5.91 Å². The number of hydrogen-bond acceptors (Lipinski definition) is 3. The molecule has 2 aromatic carbocycles. The number of rotatable bonds is 5. The van der Waals surface area contributed by atoms with Crippen molar-refractivity contribution in [1.29, 1.82) is 0 Å². The van der Waals surface area contributed by atoms with Crippen molar-refractivity contribution in [3.05, 3.63) is 71.8 Å². The van der Waals surface area contributed by atoms with E-state index in [9.17, 15) is 4.79 Å². The maximum Gasteiger partial charge on any atom is 0.226 e. The molecule has 132 valence electrons. The van der Waals surface area contributed by atoms with E-state index in [-0.39, 0.29) is 11.8 Å². The SMILES string of the molecule is Cn1nc(-c2ccccc2)c2c1NC(=O)C[C@H]2COCc1ccccc1. The molecule has 4 rings (SSSR count). The van der Waals surface area contributed by atoms with Crippen molar-refractivity contribution >= 4 is 11.7 Å². The van der Waals surface area contributed by atoms with Crippen LogP contribution < -0.4 is 5.32 Å². The van der Waals surface area contributed by atoms with Crippen molar-refractivity contribution in [2.45, 2.75) is 18.9 Å². The monoisotopic (exact) mass is 347 g/mol. The van der Waals surface area contributed by atoms with Crippen LogP contribution in [0.2, 0.25) is 0 Å². The third kappa shape index (κ3) is 3.26. The average molecular weight is 347 g/mol. The summed E-state index contributed by atoms with van der Waals surface area (Å²) in [5.74, 6) is 0.771. The predicted molar refractivity (Wildman–Crippen MR) is 101 cm³/mol. The quantitative estimate of drug-likeness (QED) is 0.765. The van der Waals surface area contributed by atoms with Crippen molar-refractivity contribution in [3.8, 4) is 11.3 Å². The Hall–Kier alpha value is -2.92. The van der Waals surface area contributed by atoms with E-state index in [2.05, 4.69) is 10.4 Å². The molecule has 0 bridgehead atoms. The van der Waals surface area contributed by atoms with E-state index in [0.29, 0.717) is 19.6 Å². The van der Waals surface area contributed by atoms with E-state index in [1.165, 1.54) is 0 Å². The van der Waals surface area contributed by atoms with Gasteiger partial charge in [-0.1, -0.05) is 60.7 Å². The molecule has 1 atom stereocenters. The van der Waals surface area contributed by atoms with Crippen LogP contribution in [0.1, 0.15) is 23.5 Å². The van der Waals surface area contributed by atoms with E-state index >= 15 is 0 Å². The van der Waals surface area contributed by atoms with Crippen LogP contribution in [-0.2, 0) is 23.2 Å². The molecule has 0 fully saturated rings. The lowest BCUT2D eigenvalue weighted by Crippen LogP contribution is -2.26. The van der Waals surface area contributed by atoms with Crippen molar-refractivity contribution in [3.63, 3.8) is 0 Å². The summed E-state index contributed by atoms with van der Waals surface area (Å²) >= 11 is 0. The number of nitrogens with zero attached hydrogens (tertiary/aromatic N) is 2. The fourth-order valence-electron chi connectivity index (χ4n) is 3.43. The van der Waals surface area contributed by atoms with Crippen molar-refractivity contribution in [1.82, 2.24) is 9.78 Å². The Morgan fingerprint density at radius 3 is 2.54 bits per heavy atom. The summed E-state index contributed by atoms with van der Waals surface area (Å²) in [6, 6.07) is 20.1. The number of ether oxygens (including phenoxy) is 1. The minimum Gasteiger partial charge on any atom is -0.376 e. The summed E-state index contributed by atoms with van der Waals surface area (Å²) in [4.78, 5) is 12.2. The summed E-state index contributed by atoms with van der Waals surface area (Å²) in [6.45, 7) is 1.02. The first-order chi connectivity index (χ1) is 12.7. The summed E-state index contributed by atoms with van der Waals surface area (Å²) in [5.41, 5.74) is 4.15. The van der Waals surface area contributed by atoms with Gasteiger partial charge in [0.1, 0.15) is 5.82 Å². The highest BCUT2D eigenvalue weighted by molar-refractivity contribution is 5.95. The minimum absolute atomic E-state index is 0.00780. The molecule has 0 radical (unpaired) electrons. The second kappa shape index (κ2) is 7.14. The molecule has 0 aliphatic carbocycles. The number of amides is 1.